The van der Waals surface area contributed by atoms with E-state index in [0.29, 0.717) is 41.1 Å². The highest BCUT2D eigenvalue weighted by Crippen LogP contribution is 2.65. The summed E-state index contributed by atoms with van der Waals surface area (Å²) >= 11 is 0. The van der Waals surface area contributed by atoms with Gasteiger partial charge in [-0.1, -0.05) is 20.8 Å². The van der Waals surface area contributed by atoms with E-state index in [1.54, 1.807) is 19.2 Å². The molecule has 4 rings (SSSR count). The van der Waals surface area contributed by atoms with Crippen LogP contribution in [-0.4, -0.2) is 25.3 Å². The van der Waals surface area contributed by atoms with Gasteiger partial charge in [-0.2, -0.15) is 0 Å². The maximum atomic E-state index is 12.5. The van der Waals surface area contributed by atoms with Gasteiger partial charge in [0.1, 0.15) is 22.7 Å². The number of benzene rings is 1. The summed E-state index contributed by atoms with van der Waals surface area (Å²) < 4.78 is 23.4. The molecule has 29 heavy (non-hydrogen) atoms. The highest BCUT2D eigenvalue weighted by molar-refractivity contribution is 5.83. The lowest BCUT2D eigenvalue weighted by molar-refractivity contribution is -0.166. The predicted octanol–water partition coefficient (Wildman–Crippen LogP) is 4.00. The molecule has 0 radical (unpaired) electrons. The lowest BCUT2D eigenvalue weighted by atomic mass is 9.66. The number of hydrogen-bond donors (Lipinski definition) is 0. The van der Waals surface area contributed by atoms with Crippen molar-refractivity contribution in [3.05, 3.63) is 39.7 Å². The van der Waals surface area contributed by atoms with Crippen LogP contribution in [0.2, 0.25) is 0 Å². The van der Waals surface area contributed by atoms with E-state index >= 15 is 0 Å². The van der Waals surface area contributed by atoms with Gasteiger partial charge in [0.25, 0.3) is 0 Å². The predicted molar refractivity (Wildman–Crippen MR) is 108 cm³/mol. The normalized spacial score (nSPS) is 27.4. The third kappa shape index (κ3) is 2.65. The van der Waals surface area contributed by atoms with Gasteiger partial charge in [-0.05, 0) is 31.9 Å². The largest absolute Gasteiger partial charge is 0.496 e. The van der Waals surface area contributed by atoms with Gasteiger partial charge in [-0.3, -0.25) is 9.59 Å². The van der Waals surface area contributed by atoms with Crippen molar-refractivity contribution in [3.8, 4) is 5.75 Å². The molecule has 156 valence electrons. The van der Waals surface area contributed by atoms with Gasteiger partial charge in [0, 0.05) is 17.9 Å². The molecule has 1 aliphatic heterocycles. The van der Waals surface area contributed by atoms with Gasteiger partial charge in [0.2, 0.25) is 0 Å². The van der Waals surface area contributed by atoms with E-state index in [9.17, 15) is 9.59 Å². The topological polar surface area (TPSA) is 75.0 Å². The second-order valence-corrected chi connectivity index (χ2v) is 8.89. The van der Waals surface area contributed by atoms with E-state index in [4.69, 9.17) is 18.6 Å². The van der Waals surface area contributed by atoms with Crippen LogP contribution < -0.4 is 10.2 Å². The van der Waals surface area contributed by atoms with Crippen molar-refractivity contribution >= 4 is 16.9 Å². The van der Waals surface area contributed by atoms with Crippen molar-refractivity contribution in [2.75, 3.05) is 13.7 Å². The van der Waals surface area contributed by atoms with Crippen LogP contribution in [0.25, 0.3) is 11.0 Å². The molecule has 1 saturated carbocycles. The van der Waals surface area contributed by atoms with Crippen LogP contribution in [0, 0.1) is 10.8 Å². The van der Waals surface area contributed by atoms with Gasteiger partial charge in [-0.15, -0.1) is 0 Å². The number of fused-ring (bicyclic) bond motifs is 3. The van der Waals surface area contributed by atoms with E-state index in [2.05, 4.69) is 13.8 Å². The number of carbonyl (C=O) groups excluding carboxylic acids is 1. The summed E-state index contributed by atoms with van der Waals surface area (Å²) in [6.45, 7) is 8.58. The van der Waals surface area contributed by atoms with E-state index in [1.165, 1.54) is 6.07 Å². The average Bonchev–Trinajstić information content (AvgIpc) is 2.97. The molecule has 1 aromatic heterocycles. The van der Waals surface area contributed by atoms with Gasteiger partial charge >= 0.3 is 5.97 Å². The zero-order valence-electron chi connectivity index (χ0n) is 17.7. The number of esters is 1. The highest BCUT2D eigenvalue weighted by Gasteiger charge is 2.72. The number of ether oxygens (including phenoxy) is 3. The quantitative estimate of drug-likeness (QED) is 0.682. The van der Waals surface area contributed by atoms with Crippen LogP contribution in [-0.2, 0) is 27.3 Å². The fourth-order valence-electron chi connectivity index (χ4n) is 4.81. The summed E-state index contributed by atoms with van der Waals surface area (Å²) in [6.07, 6.45) is 2.20. The molecule has 6 heteroatoms. The standard InChI is InChI=1S/C23H28O6/c1-6-14-11-17(24)15-7-8-18(26-5)16(19(15)28-14)12-27-13-23-10-9-22(4,20(25)29-23)21(23,2)3/h7-8,11H,6,9-10,12-13H2,1-5H3/t22-,23+/m0/s1. The lowest BCUT2D eigenvalue weighted by Crippen LogP contribution is -2.44. The van der Waals surface area contributed by atoms with E-state index in [1.807, 2.05) is 13.8 Å². The molecule has 1 saturated heterocycles. The minimum Gasteiger partial charge on any atom is -0.496 e. The molecule has 0 spiro atoms. The molecule has 6 nitrogen and oxygen atoms in total. The third-order valence-corrected chi connectivity index (χ3v) is 7.44. The van der Waals surface area contributed by atoms with E-state index in [-0.39, 0.29) is 23.4 Å². The number of hydrogen-bond acceptors (Lipinski definition) is 6. The number of rotatable bonds is 6. The Kier molecular flexibility index (Phi) is 4.53. The average molecular weight is 400 g/mol. The minimum atomic E-state index is -0.633. The Labute approximate surface area is 170 Å². The van der Waals surface area contributed by atoms with Crippen molar-refractivity contribution in [1.82, 2.24) is 0 Å². The van der Waals surface area contributed by atoms with Crippen molar-refractivity contribution in [2.45, 2.75) is 59.2 Å². The van der Waals surface area contributed by atoms with Gasteiger partial charge in [0.05, 0.1) is 36.7 Å². The molecular weight excluding hydrogens is 372 g/mol. The van der Waals surface area contributed by atoms with Gasteiger partial charge in [0.15, 0.2) is 5.43 Å². The van der Waals surface area contributed by atoms with Crippen molar-refractivity contribution in [3.63, 3.8) is 0 Å². The monoisotopic (exact) mass is 400 g/mol. The van der Waals surface area contributed by atoms with Gasteiger partial charge < -0.3 is 18.6 Å². The molecule has 2 aliphatic rings. The summed E-state index contributed by atoms with van der Waals surface area (Å²) in [5.74, 6) is 1.08. The highest BCUT2D eigenvalue weighted by atomic mass is 16.6. The van der Waals surface area contributed by atoms with Crippen molar-refractivity contribution < 1.29 is 23.4 Å². The molecule has 1 aromatic carbocycles. The number of carbonyl (C=O) groups is 1. The summed E-state index contributed by atoms with van der Waals surface area (Å²) in [5, 5.41) is 0.501. The van der Waals surface area contributed by atoms with Gasteiger partial charge in [-0.25, -0.2) is 0 Å². The fraction of sp³-hybridized carbons (Fsp3) is 0.565. The maximum absolute atomic E-state index is 12.5. The van der Waals surface area contributed by atoms with Crippen molar-refractivity contribution in [1.29, 1.82) is 0 Å². The summed E-state index contributed by atoms with van der Waals surface area (Å²) in [4.78, 5) is 24.9. The van der Waals surface area contributed by atoms with Crippen LogP contribution in [0.4, 0.5) is 0 Å². The summed E-state index contributed by atoms with van der Waals surface area (Å²) in [5.41, 5.74) is -0.325. The molecular formula is C23H28O6. The Morgan fingerprint density at radius 1 is 1.14 bits per heavy atom. The first-order valence-electron chi connectivity index (χ1n) is 10.1. The van der Waals surface area contributed by atoms with Crippen LogP contribution in [0.15, 0.2) is 27.4 Å². The smallest absolute Gasteiger partial charge is 0.313 e. The first-order valence-corrected chi connectivity index (χ1v) is 10.1. The molecule has 2 bridgehead atoms. The SMILES string of the molecule is CCc1cc(=O)c2ccc(OC)c(COC[C@@]34CC[C@@](C)(C(=O)O3)C4(C)C)c2o1. The molecule has 2 heterocycles. The van der Waals surface area contributed by atoms with Crippen molar-refractivity contribution in [2.24, 2.45) is 10.8 Å². The van der Waals surface area contributed by atoms with E-state index < -0.39 is 11.0 Å². The number of methoxy groups -OCH3 is 1. The van der Waals surface area contributed by atoms with Crippen LogP contribution in [0.1, 0.15) is 51.9 Å². The minimum absolute atomic E-state index is 0.0805. The molecule has 1 aliphatic carbocycles. The maximum Gasteiger partial charge on any atom is 0.313 e. The summed E-state index contributed by atoms with van der Waals surface area (Å²) in [6, 6.07) is 5.00. The third-order valence-electron chi connectivity index (χ3n) is 7.44. The lowest BCUT2D eigenvalue weighted by Gasteiger charge is -2.36. The summed E-state index contributed by atoms with van der Waals surface area (Å²) in [7, 11) is 1.58. The molecule has 0 N–H and O–H groups in total. The zero-order valence-corrected chi connectivity index (χ0v) is 17.7. The Morgan fingerprint density at radius 2 is 1.90 bits per heavy atom. The Morgan fingerprint density at radius 3 is 2.48 bits per heavy atom. The molecule has 2 aromatic rings. The first kappa shape index (κ1) is 20.0. The Hall–Kier alpha value is -2.34. The van der Waals surface area contributed by atoms with E-state index in [0.717, 1.165) is 12.8 Å². The number of aryl methyl sites for hydroxylation is 1. The van der Waals surface area contributed by atoms with Crippen LogP contribution in [0.3, 0.4) is 0 Å². The Balaban J connectivity index is 1.65. The second kappa shape index (κ2) is 6.59. The fourth-order valence-corrected chi connectivity index (χ4v) is 4.81. The first-order chi connectivity index (χ1) is 13.7. The molecule has 2 atom stereocenters. The van der Waals surface area contributed by atoms with Crippen LogP contribution >= 0.6 is 0 Å². The molecule has 0 amide bonds. The second-order valence-electron chi connectivity index (χ2n) is 8.89. The molecule has 0 unspecified atom stereocenters. The van der Waals surface area contributed by atoms with Crippen LogP contribution in [0.5, 0.6) is 5.75 Å². The molecule has 2 fully saturated rings. The Bertz CT molecular complexity index is 1040. The zero-order chi connectivity index (χ0) is 21.0.